The van der Waals surface area contributed by atoms with Crippen LogP contribution in [0, 0.1) is 0 Å². The van der Waals surface area contributed by atoms with Gasteiger partial charge in [0.25, 0.3) is 0 Å². The summed E-state index contributed by atoms with van der Waals surface area (Å²) in [6.45, 7) is 6.01. The van der Waals surface area contributed by atoms with E-state index >= 15 is 0 Å². The Bertz CT molecular complexity index is 540. The molecular formula is C17H24N2OS. The van der Waals surface area contributed by atoms with Gasteiger partial charge in [-0.1, -0.05) is 26.0 Å². The molecule has 1 aromatic heterocycles. The molecule has 0 bridgehead atoms. The normalized spacial score (nSPS) is 11.0. The van der Waals surface area contributed by atoms with Gasteiger partial charge in [0.15, 0.2) is 0 Å². The summed E-state index contributed by atoms with van der Waals surface area (Å²) in [5, 5.41) is 1.14. The van der Waals surface area contributed by atoms with Gasteiger partial charge in [0.2, 0.25) is 5.91 Å². The fourth-order valence-corrected chi connectivity index (χ4v) is 3.49. The number of rotatable bonds is 8. The van der Waals surface area contributed by atoms with E-state index in [-0.39, 0.29) is 0 Å². The van der Waals surface area contributed by atoms with E-state index in [0.29, 0.717) is 12.3 Å². The minimum absolute atomic E-state index is 0.291. The lowest BCUT2D eigenvalue weighted by molar-refractivity contribution is -0.131. The second-order valence-corrected chi connectivity index (χ2v) is 6.42. The van der Waals surface area contributed by atoms with E-state index in [9.17, 15) is 4.79 Å². The molecule has 0 spiro atoms. The quantitative estimate of drug-likeness (QED) is 0.730. The fourth-order valence-electron chi connectivity index (χ4n) is 2.48. The van der Waals surface area contributed by atoms with Crippen LogP contribution in [-0.2, 0) is 11.2 Å². The summed E-state index contributed by atoms with van der Waals surface area (Å²) >= 11 is 1.74. The average molecular weight is 304 g/mol. The van der Waals surface area contributed by atoms with Crippen molar-refractivity contribution < 1.29 is 4.79 Å². The number of aromatic nitrogens is 1. The van der Waals surface area contributed by atoms with Gasteiger partial charge in [0, 0.05) is 19.5 Å². The zero-order chi connectivity index (χ0) is 15.1. The van der Waals surface area contributed by atoms with Crippen molar-refractivity contribution in [1.29, 1.82) is 0 Å². The van der Waals surface area contributed by atoms with Gasteiger partial charge < -0.3 is 4.90 Å². The van der Waals surface area contributed by atoms with Gasteiger partial charge in [-0.05, 0) is 37.8 Å². The molecule has 0 aliphatic rings. The Balaban J connectivity index is 1.83. The van der Waals surface area contributed by atoms with E-state index in [4.69, 9.17) is 0 Å². The summed E-state index contributed by atoms with van der Waals surface area (Å²) in [7, 11) is 0. The largest absolute Gasteiger partial charge is 0.343 e. The van der Waals surface area contributed by atoms with Gasteiger partial charge in [-0.25, -0.2) is 4.98 Å². The van der Waals surface area contributed by atoms with Gasteiger partial charge >= 0.3 is 0 Å². The molecule has 0 aliphatic heterocycles. The van der Waals surface area contributed by atoms with Crippen molar-refractivity contribution in [1.82, 2.24) is 9.88 Å². The van der Waals surface area contributed by atoms with Crippen LogP contribution in [0.4, 0.5) is 0 Å². The number of fused-ring (bicyclic) bond motifs is 1. The van der Waals surface area contributed by atoms with E-state index in [1.807, 2.05) is 23.1 Å². The molecule has 2 rings (SSSR count). The van der Waals surface area contributed by atoms with Crippen LogP contribution in [0.25, 0.3) is 10.2 Å². The molecule has 0 unspecified atom stereocenters. The Labute approximate surface area is 131 Å². The number of carbonyl (C=O) groups excluding carboxylic acids is 1. The number of para-hydroxylation sites is 1. The third-order valence-corrected chi connectivity index (χ3v) is 4.56. The lowest BCUT2D eigenvalue weighted by Crippen LogP contribution is -2.32. The smallest absolute Gasteiger partial charge is 0.222 e. The number of hydrogen-bond donors (Lipinski definition) is 0. The van der Waals surface area contributed by atoms with Crippen molar-refractivity contribution >= 4 is 27.5 Å². The van der Waals surface area contributed by atoms with Gasteiger partial charge in [0.05, 0.1) is 15.2 Å². The highest BCUT2D eigenvalue weighted by Crippen LogP contribution is 2.22. The number of aryl methyl sites for hydroxylation is 1. The number of benzene rings is 1. The highest BCUT2D eigenvalue weighted by Gasteiger charge is 2.11. The zero-order valence-electron chi connectivity index (χ0n) is 13.0. The topological polar surface area (TPSA) is 33.2 Å². The highest BCUT2D eigenvalue weighted by atomic mass is 32.1. The molecule has 2 aromatic rings. The van der Waals surface area contributed by atoms with E-state index in [1.165, 1.54) is 4.70 Å². The lowest BCUT2D eigenvalue weighted by Gasteiger charge is -2.21. The van der Waals surface area contributed by atoms with Crippen LogP contribution >= 0.6 is 11.3 Å². The first-order valence-electron chi connectivity index (χ1n) is 7.86. The van der Waals surface area contributed by atoms with Crippen molar-refractivity contribution in [2.45, 2.75) is 46.0 Å². The molecule has 0 saturated carbocycles. The van der Waals surface area contributed by atoms with E-state index < -0.39 is 0 Å². The van der Waals surface area contributed by atoms with Crippen LogP contribution in [0.15, 0.2) is 24.3 Å². The third kappa shape index (κ3) is 4.53. The standard InChI is InChI=1S/C17H24N2OS/c1-3-12-19(13-4-2)17(20)11-7-10-16-18-14-8-5-6-9-15(14)21-16/h5-6,8-9H,3-4,7,10-13H2,1-2H3. The molecule has 1 aromatic carbocycles. The Morgan fingerprint density at radius 2 is 1.90 bits per heavy atom. The van der Waals surface area contributed by atoms with Crippen LogP contribution in [0.3, 0.4) is 0 Å². The van der Waals surface area contributed by atoms with Gasteiger partial charge in [-0.2, -0.15) is 0 Å². The second kappa shape index (κ2) is 8.13. The predicted molar refractivity (Wildman–Crippen MR) is 89.7 cm³/mol. The lowest BCUT2D eigenvalue weighted by atomic mass is 10.2. The summed E-state index contributed by atoms with van der Waals surface area (Å²) in [6, 6.07) is 8.21. The summed E-state index contributed by atoms with van der Waals surface area (Å²) in [5.74, 6) is 0.291. The Kier molecular flexibility index (Phi) is 6.18. The van der Waals surface area contributed by atoms with Crippen molar-refractivity contribution in [2.75, 3.05) is 13.1 Å². The Morgan fingerprint density at radius 3 is 2.57 bits per heavy atom. The summed E-state index contributed by atoms with van der Waals surface area (Å²) < 4.78 is 1.23. The first-order valence-corrected chi connectivity index (χ1v) is 8.68. The SMILES string of the molecule is CCCN(CCC)C(=O)CCCc1nc2ccccc2s1. The first kappa shape index (κ1) is 16.0. The van der Waals surface area contributed by atoms with Gasteiger partial charge in [0.1, 0.15) is 0 Å². The molecule has 114 valence electrons. The number of amides is 1. The molecule has 0 aliphatic carbocycles. The maximum absolute atomic E-state index is 12.2. The van der Waals surface area contributed by atoms with Crippen LogP contribution in [0.2, 0.25) is 0 Å². The Morgan fingerprint density at radius 1 is 1.19 bits per heavy atom. The van der Waals surface area contributed by atoms with Crippen molar-refractivity contribution in [3.8, 4) is 0 Å². The molecule has 21 heavy (non-hydrogen) atoms. The van der Waals surface area contributed by atoms with Crippen LogP contribution in [0.1, 0.15) is 44.5 Å². The highest BCUT2D eigenvalue weighted by molar-refractivity contribution is 7.18. The minimum atomic E-state index is 0.291. The molecule has 0 saturated heterocycles. The van der Waals surface area contributed by atoms with E-state index in [1.54, 1.807) is 11.3 Å². The molecule has 4 heteroatoms. The molecule has 1 heterocycles. The van der Waals surface area contributed by atoms with Crippen LogP contribution in [-0.4, -0.2) is 28.9 Å². The van der Waals surface area contributed by atoms with Crippen molar-refractivity contribution in [2.24, 2.45) is 0 Å². The van der Waals surface area contributed by atoms with Gasteiger partial charge in [-0.15, -0.1) is 11.3 Å². The molecule has 0 N–H and O–H groups in total. The summed E-state index contributed by atoms with van der Waals surface area (Å²) in [6.07, 6.45) is 4.49. The number of carbonyl (C=O) groups is 1. The second-order valence-electron chi connectivity index (χ2n) is 5.31. The monoisotopic (exact) mass is 304 g/mol. The first-order chi connectivity index (χ1) is 10.2. The molecule has 0 radical (unpaired) electrons. The summed E-state index contributed by atoms with van der Waals surface area (Å²) in [5.41, 5.74) is 1.07. The van der Waals surface area contributed by atoms with E-state index in [0.717, 1.165) is 49.3 Å². The predicted octanol–water partition coefficient (Wildman–Crippen LogP) is 4.27. The Hall–Kier alpha value is -1.42. The van der Waals surface area contributed by atoms with Crippen molar-refractivity contribution in [3.63, 3.8) is 0 Å². The van der Waals surface area contributed by atoms with Crippen LogP contribution < -0.4 is 0 Å². The number of thiazole rings is 1. The number of hydrogen-bond acceptors (Lipinski definition) is 3. The number of nitrogens with zero attached hydrogens (tertiary/aromatic N) is 2. The van der Waals surface area contributed by atoms with Crippen molar-refractivity contribution in [3.05, 3.63) is 29.3 Å². The maximum atomic E-state index is 12.2. The van der Waals surface area contributed by atoms with Gasteiger partial charge in [-0.3, -0.25) is 4.79 Å². The molecule has 3 nitrogen and oxygen atoms in total. The molecular weight excluding hydrogens is 280 g/mol. The molecule has 1 amide bonds. The third-order valence-electron chi connectivity index (χ3n) is 3.46. The maximum Gasteiger partial charge on any atom is 0.222 e. The fraction of sp³-hybridized carbons (Fsp3) is 0.529. The molecule has 0 fully saturated rings. The summed E-state index contributed by atoms with van der Waals surface area (Å²) in [4.78, 5) is 18.8. The van der Waals surface area contributed by atoms with Crippen LogP contribution in [0.5, 0.6) is 0 Å². The molecule has 0 atom stereocenters. The van der Waals surface area contributed by atoms with E-state index in [2.05, 4.69) is 24.9 Å². The zero-order valence-corrected chi connectivity index (χ0v) is 13.8. The average Bonchev–Trinajstić information content (AvgIpc) is 2.89. The minimum Gasteiger partial charge on any atom is -0.343 e.